The van der Waals surface area contributed by atoms with Crippen molar-refractivity contribution in [3.63, 3.8) is 0 Å². The second kappa shape index (κ2) is 6.11. The van der Waals surface area contributed by atoms with Gasteiger partial charge in [0, 0.05) is 29.3 Å². The molecule has 4 rings (SSSR count). The van der Waals surface area contributed by atoms with Crippen LogP contribution in [0.25, 0.3) is 16.6 Å². The number of aryl methyl sites for hydroxylation is 1. The van der Waals surface area contributed by atoms with Gasteiger partial charge in [-0.15, -0.1) is 10.2 Å². The molecular formula is C17H13ClFN3OS. The smallest absolute Gasteiger partial charge is 0.152 e. The second-order valence-electron chi connectivity index (χ2n) is 5.33. The Morgan fingerprint density at radius 3 is 2.88 bits per heavy atom. The molecule has 3 aromatic heterocycles. The highest BCUT2D eigenvalue weighted by atomic mass is 35.5. The van der Waals surface area contributed by atoms with E-state index >= 15 is 0 Å². The Morgan fingerprint density at radius 1 is 1.21 bits per heavy atom. The zero-order valence-electron chi connectivity index (χ0n) is 12.8. The normalized spacial score (nSPS) is 11.6. The summed E-state index contributed by atoms with van der Waals surface area (Å²) in [5.74, 6) is 1.13. The van der Waals surface area contributed by atoms with Crippen molar-refractivity contribution in [1.29, 1.82) is 0 Å². The first-order valence-electron chi connectivity index (χ1n) is 7.48. The maximum atomic E-state index is 13.2. The Morgan fingerprint density at radius 2 is 2.08 bits per heavy atom. The van der Waals surface area contributed by atoms with E-state index in [1.165, 1.54) is 23.9 Å². The number of furan rings is 1. The Balaban J connectivity index is 1.74. The lowest BCUT2D eigenvalue weighted by Crippen LogP contribution is -2.03. The predicted molar refractivity (Wildman–Crippen MR) is 93.1 cm³/mol. The summed E-state index contributed by atoms with van der Waals surface area (Å²) < 4.78 is 20.7. The van der Waals surface area contributed by atoms with E-state index in [9.17, 15) is 4.39 Å². The van der Waals surface area contributed by atoms with E-state index in [-0.39, 0.29) is 5.82 Å². The van der Waals surface area contributed by atoms with E-state index in [1.807, 2.05) is 19.1 Å². The van der Waals surface area contributed by atoms with Crippen LogP contribution in [0.2, 0.25) is 5.02 Å². The molecule has 0 atom stereocenters. The first-order valence-corrected chi connectivity index (χ1v) is 8.84. The Hall–Kier alpha value is -2.05. The third-order valence-electron chi connectivity index (χ3n) is 3.85. The molecule has 0 radical (unpaired) electrons. The van der Waals surface area contributed by atoms with E-state index < -0.39 is 0 Å². The van der Waals surface area contributed by atoms with Crippen LogP contribution in [0.15, 0.2) is 46.0 Å². The summed E-state index contributed by atoms with van der Waals surface area (Å²) in [7, 11) is 0. The summed E-state index contributed by atoms with van der Waals surface area (Å²) in [5.41, 5.74) is 3.61. The molecular weight excluding hydrogens is 349 g/mol. The van der Waals surface area contributed by atoms with Gasteiger partial charge in [0.05, 0.1) is 17.3 Å². The lowest BCUT2D eigenvalue weighted by Gasteiger charge is -2.08. The number of nitrogens with zero attached hydrogens (tertiary/aromatic N) is 3. The van der Waals surface area contributed by atoms with Crippen LogP contribution in [0, 0.1) is 5.82 Å². The van der Waals surface area contributed by atoms with E-state index in [0.29, 0.717) is 10.8 Å². The molecule has 0 unspecified atom stereocenters. The zero-order chi connectivity index (χ0) is 16.7. The molecule has 0 bridgehead atoms. The van der Waals surface area contributed by atoms with Gasteiger partial charge in [0.15, 0.2) is 5.58 Å². The highest BCUT2D eigenvalue weighted by Gasteiger charge is 2.15. The average molecular weight is 362 g/mol. The molecule has 122 valence electrons. The van der Waals surface area contributed by atoms with Gasteiger partial charge in [-0.25, -0.2) is 4.39 Å². The quantitative estimate of drug-likeness (QED) is 0.473. The Bertz CT molecular complexity index is 1040. The number of fused-ring (bicyclic) bond motifs is 3. The van der Waals surface area contributed by atoms with Crippen molar-refractivity contribution in [2.24, 2.45) is 0 Å². The fraction of sp³-hybridized carbons (Fsp3) is 0.176. The number of thioether (sulfide) groups is 1. The second-order valence-corrected chi connectivity index (χ2v) is 6.71. The molecule has 3 heterocycles. The number of halogens is 2. The average Bonchev–Trinajstić information content (AvgIpc) is 3.15. The summed E-state index contributed by atoms with van der Waals surface area (Å²) in [5, 5.41) is 9.89. The van der Waals surface area contributed by atoms with Gasteiger partial charge in [0.2, 0.25) is 0 Å². The number of aromatic nitrogens is 3. The minimum Gasteiger partial charge on any atom is -0.463 e. The number of hydrogen-bond acceptors (Lipinski definition) is 4. The van der Waals surface area contributed by atoms with Crippen molar-refractivity contribution in [1.82, 2.24) is 14.6 Å². The van der Waals surface area contributed by atoms with E-state index in [1.54, 1.807) is 12.3 Å². The van der Waals surface area contributed by atoms with E-state index in [0.717, 1.165) is 39.5 Å². The predicted octanol–water partition coefficient (Wildman–Crippen LogP) is 5.12. The van der Waals surface area contributed by atoms with Gasteiger partial charge in [-0.3, -0.25) is 4.40 Å². The lowest BCUT2D eigenvalue weighted by atomic mass is 10.2. The van der Waals surface area contributed by atoms with Crippen molar-refractivity contribution < 1.29 is 8.81 Å². The molecule has 0 saturated carbocycles. The zero-order valence-corrected chi connectivity index (χ0v) is 14.4. The number of benzene rings is 1. The van der Waals surface area contributed by atoms with Gasteiger partial charge in [0.1, 0.15) is 16.7 Å². The standard InChI is InChI=1S/C17H13ClFN3OS/c1-2-16-20-21-17(14-8-15-13(22(14)16)5-6-23-15)24-9-10-3-4-11(19)7-12(10)18/h3-8H,2,9H2,1H3. The van der Waals surface area contributed by atoms with Crippen LogP contribution in [0.3, 0.4) is 0 Å². The van der Waals surface area contributed by atoms with Gasteiger partial charge >= 0.3 is 0 Å². The largest absolute Gasteiger partial charge is 0.463 e. The topological polar surface area (TPSA) is 43.3 Å². The molecule has 0 N–H and O–H groups in total. The number of hydrogen-bond donors (Lipinski definition) is 0. The molecule has 4 aromatic rings. The van der Waals surface area contributed by atoms with Crippen molar-refractivity contribution in [3.05, 3.63) is 58.8 Å². The third kappa shape index (κ3) is 2.56. The summed E-state index contributed by atoms with van der Waals surface area (Å²) in [6.07, 6.45) is 2.44. The summed E-state index contributed by atoms with van der Waals surface area (Å²) in [4.78, 5) is 0. The van der Waals surface area contributed by atoms with Crippen LogP contribution in [-0.2, 0) is 12.2 Å². The van der Waals surface area contributed by atoms with Crippen molar-refractivity contribution in [2.75, 3.05) is 0 Å². The maximum Gasteiger partial charge on any atom is 0.152 e. The minimum absolute atomic E-state index is 0.338. The van der Waals surface area contributed by atoms with Crippen molar-refractivity contribution >= 4 is 40.0 Å². The van der Waals surface area contributed by atoms with Crippen molar-refractivity contribution in [3.8, 4) is 0 Å². The summed E-state index contributed by atoms with van der Waals surface area (Å²) in [6.45, 7) is 2.04. The van der Waals surface area contributed by atoms with Crippen LogP contribution in [0.5, 0.6) is 0 Å². The SMILES string of the molecule is CCc1nnc(SCc2ccc(F)cc2Cl)c2cc3occc3n12. The fourth-order valence-corrected chi connectivity index (χ4v) is 3.93. The van der Waals surface area contributed by atoms with Gasteiger partial charge in [-0.2, -0.15) is 0 Å². The number of rotatable bonds is 4. The molecule has 0 aliphatic carbocycles. The fourth-order valence-electron chi connectivity index (χ4n) is 2.68. The van der Waals surface area contributed by atoms with Crippen LogP contribution in [-0.4, -0.2) is 14.6 Å². The van der Waals surface area contributed by atoms with Crippen LogP contribution < -0.4 is 0 Å². The summed E-state index contributed by atoms with van der Waals surface area (Å²) in [6, 6.07) is 8.32. The van der Waals surface area contributed by atoms with Crippen LogP contribution in [0.1, 0.15) is 18.3 Å². The molecule has 0 saturated heterocycles. The highest BCUT2D eigenvalue weighted by Crippen LogP contribution is 2.32. The lowest BCUT2D eigenvalue weighted by molar-refractivity contribution is 0.616. The summed E-state index contributed by atoms with van der Waals surface area (Å²) >= 11 is 7.62. The highest BCUT2D eigenvalue weighted by molar-refractivity contribution is 7.98. The minimum atomic E-state index is -0.338. The van der Waals surface area contributed by atoms with Crippen LogP contribution >= 0.6 is 23.4 Å². The molecule has 0 spiro atoms. The Labute approximate surface area is 146 Å². The molecule has 0 fully saturated rings. The van der Waals surface area contributed by atoms with Gasteiger partial charge < -0.3 is 4.42 Å². The van der Waals surface area contributed by atoms with Gasteiger partial charge in [-0.05, 0) is 17.7 Å². The van der Waals surface area contributed by atoms with E-state index in [2.05, 4.69) is 14.6 Å². The molecule has 0 aliphatic rings. The van der Waals surface area contributed by atoms with Gasteiger partial charge in [-0.1, -0.05) is 36.4 Å². The molecule has 7 heteroatoms. The molecule has 24 heavy (non-hydrogen) atoms. The first kappa shape index (κ1) is 15.5. The maximum absolute atomic E-state index is 13.2. The first-order chi connectivity index (χ1) is 11.7. The third-order valence-corrected chi connectivity index (χ3v) is 5.22. The van der Waals surface area contributed by atoms with Crippen LogP contribution in [0.4, 0.5) is 4.39 Å². The molecule has 0 aliphatic heterocycles. The van der Waals surface area contributed by atoms with E-state index in [4.69, 9.17) is 16.0 Å². The monoisotopic (exact) mass is 361 g/mol. The Kier molecular flexibility index (Phi) is 3.94. The van der Waals surface area contributed by atoms with Gasteiger partial charge in [0.25, 0.3) is 0 Å². The molecule has 1 aromatic carbocycles. The molecule has 0 amide bonds. The molecule has 4 nitrogen and oxygen atoms in total. The van der Waals surface area contributed by atoms with Crippen molar-refractivity contribution in [2.45, 2.75) is 24.1 Å².